The third-order valence-corrected chi connectivity index (χ3v) is 3.80. The molecule has 0 radical (unpaired) electrons. The molecule has 0 bridgehead atoms. The van der Waals surface area contributed by atoms with Gasteiger partial charge < -0.3 is 10.1 Å². The molecule has 20 heavy (non-hydrogen) atoms. The zero-order chi connectivity index (χ0) is 14.9. The molecular weight excluding hydrogens is 256 g/mol. The molecule has 2 heterocycles. The summed E-state index contributed by atoms with van der Waals surface area (Å²) in [6, 6.07) is 0. The van der Waals surface area contributed by atoms with Crippen LogP contribution in [0.25, 0.3) is 0 Å². The number of aryl methyl sites for hydroxylation is 2. The van der Waals surface area contributed by atoms with Crippen molar-refractivity contribution < 1.29 is 9.53 Å². The number of rotatable bonds is 5. The third-order valence-electron chi connectivity index (χ3n) is 3.80. The molecular formula is C14H24N4O2. The normalized spacial score (nSPS) is 22.1. The van der Waals surface area contributed by atoms with E-state index in [1.165, 1.54) is 0 Å². The summed E-state index contributed by atoms with van der Waals surface area (Å²) in [5.41, 5.74) is 2.04. The molecule has 6 nitrogen and oxygen atoms in total. The molecule has 0 aliphatic carbocycles. The first-order chi connectivity index (χ1) is 9.38. The number of ether oxygens (including phenoxy) is 1. The van der Waals surface area contributed by atoms with Crippen LogP contribution in [0.5, 0.6) is 0 Å². The average molecular weight is 280 g/mol. The second kappa shape index (κ2) is 5.93. The summed E-state index contributed by atoms with van der Waals surface area (Å²) in [4.78, 5) is 13.3. The van der Waals surface area contributed by atoms with Crippen molar-refractivity contribution >= 4 is 5.91 Å². The van der Waals surface area contributed by atoms with Crippen molar-refractivity contribution in [3.63, 3.8) is 0 Å². The van der Waals surface area contributed by atoms with Gasteiger partial charge in [-0.25, -0.2) is 0 Å². The molecule has 1 N–H and O–H groups in total. The van der Waals surface area contributed by atoms with Crippen molar-refractivity contribution in [2.45, 2.75) is 32.6 Å². The minimum Gasteiger partial charge on any atom is -0.356 e. The molecule has 1 aromatic rings. The van der Waals surface area contributed by atoms with Crippen molar-refractivity contribution in [1.82, 2.24) is 20.0 Å². The first-order valence-corrected chi connectivity index (χ1v) is 6.97. The van der Waals surface area contributed by atoms with Crippen LogP contribution in [-0.2, 0) is 16.6 Å². The molecule has 1 fully saturated rings. The lowest BCUT2D eigenvalue weighted by Gasteiger charge is -2.29. The first-order valence-electron chi connectivity index (χ1n) is 6.97. The Bertz CT molecular complexity index is 484. The van der Waals surface area contributed by atoms with E-state index in [9.17, 15) is 4.79 Å². The molecule has 0 aromatic carbocycles. The molecule has 1 saturated heterocycles. The van der Waals surface area contributed by atoms with Gasteiger partial charge in [0.1, 0.15) is 6.23 Å². The lowest BCUT2D eigenvalue weighted by Crippen LogP contribution is -2.31. The van der Waals surface area contributed by atoms with Crippen LogP contribution in [0.3, 0.4) is 0 Å². The Morgan fingerprint density at radius 2 is 2.25 bits per heavy atom. The molecule has 112 valence electrons. The number of nitrogens with zero attached hydrogens (tertiary/aromatic N) is 3. The lowest BCUT2D eigenvalue weighted by molar-refractivity contribution is -0.121. The number of carbonyl (C=O) groups excluding carboxylic acids is 1. The van der Waals surface area contributed by atoms with E-state index in [0.717, 1.165) is 11.3 Å². The van der Waals surface area contributed by atoms with Crippen LogP contribution in [0.4, 0.5) is 0 Å². The standard InChI is InChI=1S/C14H24N4O2/c1-9-12(8-18(5)16-9)14(17(3)4)20-10(2)11-6-13(19)15-7-11/h8,10-11,14H,6-7H2,1-5H3,(H,15,19). The zero-order valence-corrected chi connectivity index (χ0v) is 12.9. The molecule has 2 rings (SSSR count). The number of nitrogens with one attached hydrogen (secondary N) is 1. The number of hydrogen-bond acceptors (Lipinski definition) is 4. The zero-order valence-electron chi connectivity index (χ0n) is 12.9. The van der Waals surface area contributed by atoms with Crippen molar-refractivity contribution in [2.24, 2.45) is 13.0 Å². The number of aromatic nitrogens is 2. The monoisotopic (exact) mass is 280 g/mol. The maximum Gasteiger partial charge on any atom is 0.220 e. The van der Waals surface area contributed by atoms with E-state index in [-0.39, 0.29) is 24.2 Å². The van der Waals surface area contributed by atoms with E-state index >= 15 is 0 Å². The number of amides is 1. The van der Waals surface area contributed by atoms with Crippen molar-refractivity contribution in [2.75, 3.05) is 20.6 Å². The van der Waals surface area contributed by atoms with Gasteiger partial charge in [-0.15, -0.1) is 0 Å². The average Bonchev–Trinajstić information content (AvgIpc) is 2.92. The Balaban J connectivity index is 2.10. The van der Waals surface area contributed by atoms with Gasteiger partial charge in [-0.2, -0.15) is 5.10 Å². The van der Waals surface area contributed by atoms with Crippen LogP contribution in [-0.4, -0.2) is 47.3 Å². The van der Waals surface area contributed by atoms with Crippen LogP contribution < -0.4 is 5.32 Å². The maximum atomic E-state index is 11.3. The minimum atomic E-state index is -0.144. The Labute approximate surface area is 120 Å². The van der Waals surface area contributed by atoms with Crippen LogP contribution in [0.15, 0.2) is 6.20 Å². The Morgan fingerprint density at radius 1 is 1.55 bits per heavy atom. The highest BCUT2D eigenvalue weighted by atomic mass is 16.5. The van der Waals surface area contributed by atoms with Crippen LogP contribution in [0, 0.1) is 12.8 Å². The summed E-state index contributed by atoms with van der Waals surface area (Å²) in [5.74, 6) is 0.353. The summed E-state index contributed by atoms with van der Waals surface area (Å²) < 4.78 is 8.01. The molecule has 3 atom stereocenters. The summed E-state index contributed by atoms with van der Waals surface area (Å²) in [6.45, 7) is 4.72. The van der Waals surface area contributed by atoms with Gasteiger partial charge >= 0.3 is 0 Å². The van der Waals surface area contributed by atoms with Gasteiger partial charge in [0, 0.05) is 37.7 Å². The predicted molar refractivity (Wildman–Crippen MR) is 76.0 cm³/mol. The van der Waals surface area contributed by atoms with E-state index in [1.807, 2.05) is 46.1 Å². The summed E-state index contributed by atoms with van der Waals surface area (Å²) in [6.07, 6.45) is 2.41. The van der Waals surface area contributed by atoms with Crippen LogP contribution >= 0.6 is 0 Å². The topological polar surface area (TPSA) is 59.4 Å². The Kier molecular flexibility index (Phi) is 4.45. The van der Waals surface area contributed by atoms with Gasteiger partial charge in [0.15, 0.2) is 0 Å². The molecule has 1 amide bonds. The quantitative estimate of drug-likeness (QED) is 0.812. The molecule has 1 aliphatic heterocycles. The third kappa shape index (κ3) is 3.19. The van der Waals surface area contributed by atoms with Gasteiger partial charge in [0.05, 0.1) is 11.8 Å². The molecule has 0 saturated carbocycles. The largest absolute Gasteiger partial charge is 0.356 e. The van der Waals surface area contributed by atoms with Gasteiger partial charge in [-0.1, -0.05) is 0 Å². The highest BCUT2D eigenvalue weighted by molar-refractivity contribution is 5.78. The highest BCUT2D eigenvalue weighted by Crippen LogP contribution is 2.27. The van der Waals surface area contributed by atoms with Gasteiger partial charge in [0.2, 0.25) is 5.91 Å². The molecule has 1 aromatic heterocycles. The second-order valence-corrected chi connectivity index (χ2v) is 5.77. The van der Waals surface area contributed by atoms with Crippen LogP contribution in [0.1, 0.15) is 30.8 Å². The lowest BCUT2D eigenvalue weighted by atomic mass is 10.0. The van der Waals surface area contributed by atoms with Gasteiger partial charge in [-0.3, -0.25) is 14.4 Å². The van der Waals surface area contributed by atoms with Crippen LogP contribution in [0.2, 0.25) is 0 Å². The number of carbonyl (C=O) groups is 1. The number of hydrogen-bond donors (Lipinski definition) is 1. The smallest absolute Gasteiger partial charge is 0.220 e. The van der Waals surface area contributed by atoms with Gasteiger partial charge in [-0.05, 0) is 27.9 Å². The van der Waals surface area contributed by atoms with E-state index < -0.39 is 0 Å². The SMILES string of the molecule is Cc1nn(C)cc1C(OC(C)C1CNC(=O)C1)N(C)C. The minimum absolute atomic E-state index is 0.0148. The molecule has 3 unspecified atom stereocenters. The summed E-state index contributed by atoms with van der Waals surface area (Å²) >= 11 is 0. The molecule has 1 aliphatic rings. The highest BCUT2D eigenvalue weighted by Gasteiger charge is 2.30. The van der Waals surface area contributed by atoms with Crippen molar-refractivity contribution in [3.8, 4) is 0 Å². The molecule has 6 heteroatoms. The Hall–Kier alpha value is -1.40. The predicted octanol–water partition coefficient (Wildman–Crippen LogP) is 0.830. The van der Waals surface area contributed by atoms with Gasteiger partial charge in [0.25, 0.3) is 0 Å². The molecule has 0 spiro atoms. The van der Waals surface area contributed by atoms with Crippen molar-refractivity contribution in [1.29, 1.82) is 0 Å². The van der Waals surface area contributed by atoms with E-state index in [2.05, 4.69) is 10.4 Å². The van der Waals surface area contributed by atoms with E-state index in [0.29, 0.717) is 13.0 Å². The second-order valence-electron chi connectivity index (χ2n) is 5.77. The summed E-state index contributed by atoms with van der Waals surface area (Å²) in [5, 5.41) is 7.23. The fourth-order valence-electron chi connectivity index (χ4n) is 2.61. The maximum absolute atomic E-state index is 11.3. The summed E-state index contributed by atoms with van der Waals surface area (Å²) in [7, 11) is 5.88. The fourth-order valence-corrected chi connectivity index (χ4v) is 2.61. The fraction of sp³-hybridized carbons (Fsp3) is 0.714. The van der Waals surface area contributed by atoms with E-state index in [1.54, 1.807) is 4.68 Å². The van der Waals surface area contributed by atoms with E-state index in [4.69, 9.17) is 4.74 Å². The first kappa shape index (κ1) is 15.0. The van der Waals surface area contributed by atoms with Crippen molar-refractivity contribution in [3.05, 3.63) is 17.5 Å². The Morgan fingerprint density at radius 3 is 2.70 bits per heavy atom.